The van der Waals surface area contributed by atoms with Gasteiger partial charge in [0.15, 0.2) is 5.13 Å². The molecule has 0 N–H and O–H groups in total. The smallest absolute Gasteiger partial charge is 0.242 e. The van der Waals surface area contributed by atoms with Crippen molar-refractivity contribution in [2.75, 3.05) is 44.7 Å². The van der Waals surface area contributed by atoms with Gasteiger partial charge in [0.05, 0.1) is 16.8 Å². The van der Waals surface area contributed by atoms with Crippen molar-refractivity contribution in [1.82, 2.24) is 14.8 Å². The van der Waals surface area contributed by atoms with Crippen LogP contribution in [-0.4, -0.2) is 72.3 Å². The average molecular weight is 423 g/mol. The van der Waals surface area contributed by atoms with Gasteiger partial charge in [-0.3, -0.25) is 19.3 Å². The first kappa shape index (κ1) is 18.9. The van der Waals surface area contributed by atoms with E-state index in [0.717, 1.165) is 20.2 Å². The van der Waals surface area contributed by atoms with Gasteiger partial charge in [0.2, 0.25) is 17.7 Å². The van der Waals surface area contributed by atoms with E-state index >= 15 is 0 Å². The number of hydrogen-bond acceptors (Lipinski definition) is 7. The average Bonchev–Trinajstić information content (AvgIpc) is 3.28. The van der Waals surface area contributed by atoms with Gasteiger partial charge in [-0.15, -0.1) is 0 Å². The Kier molecular flexibility index (Phi) is 5.11. The Bertz CT molecular complexity index is 938. The van der Waals surface area contributed by atoms with Crippen molar-refractivity contribution in [2.45, 2.75) is 12.8 Å². The second-order valence-electron chi connectivity index (χ2n) is 6.67. The van der Waals surface area contributed by atoms with Crippen LogP contribution in [0.3, 0.4) is 0 Å². The van der Waals surface area contributed by atoms with E-state index in [1.807, 2.05) is 0 Å². The van der Waals surface area contributed by atoms with Gasteiger partial charge in [-0.05, 0) is 12.1 Å². The summed E-state index contributed by atoms with van der Waals surface area (Å²) < 4.78 is 6.24. The first-order valence-electron chi connectivity index (χ1n) is 8.97. The lowest BCUT2D eigenvalue weighted by atomic mass is 10.3. The zero-order valence-corrected chi connectivity index (χ0v) is 16.9. The van der Waals surface area contributed by atoms with Crippen LogP contribution in [0.25, 0.3) is 10.2 Å². The molecular formula is C18H19ClN4O4S. The number of thiazole rings is 1. The number of imide groups is 1. The number of amides is 3. The number of halogens is 1. The van der Waals surface area contributed by atoms with Gasteiger partial charge in [-0.1, -0.05) is 22.9 Å². The maximum absolute atomic E-state index is 12.5. The van der Waals surface area contributed by atoms with E-state index in [1.165, 1.54) is 11.3 Å². The van der Waals surface area contributed by atoms with Crippen LogP contribution in [0.2, 0.25) is 5.02 Å². The molecule has 3 heterocycles. The molecule has 28 heavy (non-hydrogen) atoms. The molecule has 0 atom stereocenters. The first-order chi connectivity index (χ1) is 13.5. The third-order valence-corrected chi connectivity index (χ3v) is 6.59. The van der Waals surface area contributed by atoms with Gasteiger partial charge >= 0.3 is 0 Å². The Labute approximate surface area is 170 Å². The molecule has 1 aromatic carbocycles. The summed E-state index contributed by atoms with van der Waals surface area (Å²) in [7, 11) is 1.60. The Balaban J connectivity index is 1.42. The second-order valence-corrected chi connectivity index (χ2v) is 8.05. The van der Waals surface area contributed by atoms with E-state index in [0.29, 0.717) is 37.0 Å². The van der Waals surface area contributed by atoms with Crippen LogP contribution in [0.15, 0.2) is 12.1 Å². The highest BCUT2D eigenvalue weighted by molar-refractivity contribution is 7.22. The molecule has 1 aromatic heterocycles. The van der Waals surface area contributed by atoms with E-state index in [2.05, 4.69) is 9.88 Å². The van der Waals surface area contributed by atoms with Crippen LogP contribution in [-0.2, 0) is 14.4 Å². The van der Waals surface area contributed by atoms with Crippen molar-refractivity contribution in [3.05, 3.63) is 17.2 Å². The summed E-state index contributed by atoms with van der Waals surface area (Å²) in [6, 6.07) is 3.59. The first-order valence-corrected chi connectivity index (χ1v) is 10.2. The number of rotatable bonds is 4. The molecule has 2 fully saturated rings. The van der Waals surface area contributed by atoms with Crippen molar-refractivity contribution >= 4 is 56.0 Å². The van der Waals surface area contributed by atoms with Crippen LogP contribution >= 0.6 is 22.9 Å². The van der Waals surface area contributed by atoms with Crippen LogP contribution in [0.4, 0.5) is 5.13 Å². The number of hydrogen-bond donors (Lipinski definition) is 0. The lowest BCUT2D eigenvalue weighted by molar-refractivity contribution is -0.145. The van der Waals surface area contributed by atoms with Crippen LogP contribution < -0.4 is 9.64 Å². The molecule has 4 rings (SSSR count). The molecule has 2 aliphatic rings. The SMILES string of the molecule is COc1ccc(Cl)c2sc(N3CCN(C(=O)CN4C(=O)CCC4=O)CC3)nc12. The number of aromatic nitrogens is 1. The number of carbonyl (C=O) groups excluding carboxylic acids is 3. The summed E-state index contributed by atoms with van der Waals surface area (Å²) >= 11 is 7.79. The molecule has 2 aliphatic heterocycles. The summed E-state index contributed by atoms with van der Waals surface area (Å²) in [6.07, 6.45) is 0.396. The Morgan fingerprint density at radius 1 is 1.18 bits per heavy atom. The number of anilines is 1. The van der Waals surface area contributed by atoms with Gasteiger partial charge in [-0.25, -0.2) is 4.98 Å². The van der Waals surface area contributed by atoms with Gasteiger partial charge in [0.25, 0.3) is 0 Å². The number of benzene rings is 1. The van der Waals surface area contributed by atoms with Gasteiger partial charge in [-0.2, -0.15) is 0 Å². The van der Waals surface area contributed by atoms with Crippen molar-refractivity contribution in [2.24, 2.45) is 0 Å². The monoisotopic (exact) mass is 422 g/mol. The Hall–Kier alpha value is -2.39. The summed E-state index contributed by atoms with van der Waals surface area (Å²) in [6.45, 7) is 2.10. The standard InChI is InChI=1S/C18H19ClN4O4S/c1-27-12-3-2-11(19)17-16(12)20-18(28-17)22-8-6-21(7-9-22)15(26)10-23-13(24)4-5-14(23)25/h2-3H,4-10H2,1H3. The van der Waals surface area contributed by atoms with Crippen LogP contribution in [0, 0.1) is 0 Å². The topological polar surface area (TPSA) is 83.0 Å². The van der Waals surface area contributed by atoms with Crippen molar-refractivity contribution < 1.29 is 19.1 Å². The number of ether oxygens (including phenoxy) is 1. The molecule has 0 saturated carbocycles. The summed E-state index contributed by atoms with van der Waals surface area (Å²) in [5, 5.41) is 1.46. The zero-order valence-electron chi connectivity index (χ0n) is 15.3. The number of likely N-dealkylation sites (tertiary alicyclic amines) is 1. The van der Waals surface area contributed by atoms with E-state index in [9.17, 15) is 14.4 Å². The molecule has 0 bridgehead atoms. The molecule has 0 aliphatic carbocycles. The highest BCUT2D eigenvalue weighted by Gasteiger charge is 2.32. The van der Waals surface area contributed by atoms with Gasteiger partial charge in [0.1, 0.15) is 17.8 Å². The predicted octanol–water partition coefficient (Wildman–Crippen LogP) is 1.76. The third-order valence-electron chi connectivity index (χ3n) is 5.02. The number of fused-ring (bicyclic) bond motifs is 1. The van der Waals surface area contributed by atoms with Crippen molar-refractivity contribution in [3.63, 3.8) is 0 Å². The van der Waals surface area contributed by atoms with Crippen molar-refractivity contribution in [1.29, 1.82) is 0 Å². The number of methoxy groups -OCH3 is 1. The highest BCUT2D eigenvalue weighted by atomic mass is 35.5. The van der Waals surface area contributed by atoms with Gasteiger partial charge < -0.3 is 14.5 Å². The fraction of sp³-hybridized carbons (Fsp3) is 0.444. The van der Waals surface area contributed by atoms with E-state index in [4.69, 9.17) is 16.3 Å². The maximum Gasteiger partial charge on any atom is 0.242 e. The molecule has 8 nitrogen and oxygen atoms in total. The zero-order chi connectivity index (χ0) is 19.8. The molecule has 148 valence electrons. The molecule has 2 saturated heterocycles. The minimum atomic E-state index is -0.266. The molecule has 0 spiro atoms. The molecule has 0 radical (unpaired) electrons. The normalized spacial score (nSPS) is 17.7. The minimum Gasteiger partial charge on any atom is -0.494 e. The molecule has 2 aromatic rings. The lowest BCUT2D eigenvalue weighted by Crippen LogP contribution is -2.51. The highest BCUT2D eigenvalue weighted by Crippen LogP contribution is 2.38. The number of carbonyl (C=O) groups is 3. The Morgan fingerprint density at radius 2 is 1.86 bits per heavy atom. The fourth-order valence-electron chi connectivity index (χ4n) is 3.42. The third kappa shape index (κ3) is 3.40. The largest absolute Gasteiger partial charge is 0.494 e. The minimum absolute atomic E-state index is 0.161. The van der Waals surface area contributed by atoms with E-state index in [-0.39, 0.29) is 37.1 Å². The van der Waals surface area contributed by atoms with E-state index in [1.54, 1.807) is 24.1 Å². The number of nitrogens with zero attached hydrogens (tertiary/aromatic N) is 4. The second kappa shape index (κ2) is 7.56. The summed E-state index contributed by atoms with van der Waals surface area (Å²) in [4.78, 5) is 45.4. The van der Waals surface area contributed by atoms with Gasteiger partial charge in [0, 0.05) is 39.0 Å². The van der Waals surface area contributed by atoms with Crippen molar-refractivity contribution in [3.8, 4) is 5.75 Å². The predicted molar refractivity (Wildman–Crippen MR) is 106 cm³/mol. The lowest BCUT2D eigenvalue weighted by Gasteiger charge is -2.35. The number of piperazine rings is 1. The van der Waals surface area contributed by atoms with Crippen LogP contribution in [0.1, 0.15) is 12.8 Å². The maximum atomic E-state index is 12.5. The molecule has 10 heteroatoms. The molecule has 0 unspecified atom stereocenters. The summed E-state index contributed by atoms with van der Waals surface area (Å²) in [5.41, 5.74) is 0.736. The molecule has 3 amide bonds. The quantitative estimate of drug-likeness (QED) is 0.698. The fourth-order valence-corrected chi connectivity index (χ4v) is 4.73. The van der Waals surface area contributed by atoms with E-state index < -0.39 is 0 Å². The van der Waals surface area contributed by atoms with Crippen LogP contribution in [0.5, 0.6) is 5.75 Å². The Morgan fingerprint density at radius 3 is 2.50 bits per heavy atom. The summed E-state index contributed by atoms with van der Waals surface area (Å²) in [5.74, 6) is -0.0532. The molecular weight excluding hydrogens is 404 g/mol.